The highest BCUT2D eigenvalue weighted by Gasteiger charge is 2.33. The van der Waals surface area contributed by atoms with Crippen LogP contribution in [0.1, 0.15) is 43.5 Å². The van der Waals surface area contributed by atoms with Crippen molar-refractivity contribution in [1.82, 2.24) is 19.6 Å². The summed E-state index contributed by atoms with van der Waals surface area (Å²) < 4.78 is 6.79. The molecule has 8 nitrogen and oxygen atoms in total. The Hall–Kier alpha value is -2.22. The van der Waals surface area contributed by atoms with E-state index in [1.807, 2.05) is 0 Å². The van der Waals surface area contributed by atoms with E-state index in [2.05, 4.69) is 5.10 Å². The van der Waals surface area contributed by atoms with Crippen LogP contribution < -0.4 is 5.56 Å². The van der Waals surface area contributed by atoms with Crippen LogP contribution in [0.25, 0.3) is 0 Å². The second-order valence-corrected chi connectivity index (χ2v) is 7.58. The van der Waals surface area contributed by atoms with Gasteiger partial charge in [-0.2, -0.15) is 5.10 Å². The molecule has 0 aromatic carbocycles. The molecule has 4 rings (SSSR count). The van der Waals surface area contributed by atoms with Crippen LogP contribution in [0.2, 0.25) is 0 Å². The fraction of sp³-hybridized carbons (Fsp3) is 0.684. The molecule has 3 aliphatic rings. The first-order valence-electron chi connectivity index (χ1n) is 9.85. The number of hydrogen-bond donors (Lipinski definition) is 0. The molecule has 0 radical (unpaired) electrons. The molecule has 0 unspecified atom stereocenters. The Balaban J connectivity index is 1.39. The number of amides is 2. The number of piperazine rings is 1. The van der Waals surface area contributed by atoms with E-state index in [-0.39, 0.29) is 23.5 Å². The van der Waals surface area contributed by atoms with Gasteiger partial charge in [0, 0.05) is 38.9 Å². The molecular formula is C19H26N4O4. The summed E-state index contributed by atoms with van der Waals surface area (Å²) in [6.07, 6.45) is 4.15. The van der Waals surface area contributed by atoms with Crippen LogP contribution >= 0.6 is 0 Å². The monoisotopic (exact) mass is 374 g/mol. The highest BCUT2D eigenvalue weighted by Crippen LogP contribution is 2.19. The number of hydrogen-bond acceptors (Lipinski definition) is 5. The van der Waals surface area contributed by atoms with E-state index in [9.17, 15) is 14.4 Å². The van der Waals surface area contributed by atoms with E-state index in [0.717, 1.165) is 43.4 Å². The van der Waals surface area contributed by atoms with Crippen molar-refractivity contribution in [2.24, 2.45) is 0 Å². The smallest absolute Gasteiger partial charge is 0.267 e. The lowest BCUT2D eigenvalue weighted by Gasteiger charge is -2.36. The van der Waals surface area contributed by atoms with Crippen LogP contribution in [0.4, 0.5) is 0 Å². The van der Waals surface area contributed by atoms with Crippen molar-refractivity contribution in [3.05, 3.63) is 27.7 Å². The van der Waals surface area contributed by atoms with Crippen LogP contribution in [0.3, 0.4) is 0 Å². The third-order valence-corrected chi connectivity index (χ3v) is 5.81. The van der Waals surface area contributed by atoms with Crippen molar-refractivity contribution in [1.29, 1.82) is 0 Å². The molecule has 2 fully saturated rings. The number of carbonyl (C=O) groups excluding carboxylic acids is 2. The predicted octanol–water partition coefficient (Wildman–Crippen LogP) is 0.143. The molecule has 1 aliphatic carbocycles. The molecule has 2 amide bonds. The highest BCUT2D eigenvalue weighted by atomic mass is 16.5. The van der Waals surface area contributed by atoms with E-state index in [1.54, 1.807) is 22.8 Å². The van der Waals surface area contributed by atoms with E-state index >= 15 is 0 Å². The van der Waals surface area contributed by atoms with Gasteiger partial charge in [0.05, 0.1) is 5.69 Å². The maximum atomic E-state index is 12.9. The van der Waals surface area contributed by atoms with Crippen LogP contribution in [-0.4, -0.2) is 70.3 Å². The zero-order chi connectivity index (χ0) is 19.0. The summed E-state index contributed by atoms with van der Waals surface area (Å²) in [6, 6.07) is 0.987. The summed E-state index contributed by atoms with van der Waals surface area (Å²) in [6.45, 7) is 4.33. The summed E-state index contributed by atoms with van der Waals surface area (Å²) in [5, 5.41) is 4.44. The predicted molar refractivity (Wildman–Crippen MR) is 97.4 cm³/mol. The molecule has 0 spiro atoms. The number of rotatable bonds is 3. The maximum Gasteiger partial charge on any atom is 0.267 e. The summed E-state index contributed by atoms with van der Waals surface area (Å²) >= 11 is 0. The third kappa shape index (κ3) is 3.50. The van der Waals surface area contributed by atoms with Gasteiger partial charge >= 0.3 is 0 Å². The molecule has 0 bridgehead atoms. The second-order valence-electron chi connectivity index (χ2n) is 7.58. The quantitative estimate of drug-likeness (QED) is 0.752. The number of carbonyl (C=O) groups is 2. The maximum absolute atomic E-state index is 12.9. The SMILES string of the molecule is C[C@H](C(=O)N1CCN(C(=O)[C@@H]2CCCO2)CC1)n1nc2c(cc1=O)CCC2. The molecule has 2 atom stereocenters. The zero-order valence-corrected chi connectivity index (χ0v) is 15.7. The fourth-order valence-corrected chi connectivity index (χ4v) is 4.18. The third-order valence-electron chi connectivity index (χ3n) is 5.81. The van der Waals surface area contributed by atoms with Gasteiger partial charge in [-0.15, -0.1) is 0 Å². The molecule has 2 aliphatic heterocycles. The van der Waals surface area contributed by atoms with Gasteiger partial charge in [-0.3, -0.25) is 14.4 Å². The Morgan fingerprint density at radius 2 is 1.89 bits per heavy atom. The minimum absolute atomic E-state index is 0.0316. The molecule has 1 aromatic heterocycles. The molecule has 8 heteroatoms. The number of ether oxygens (including phenoxy) is 1. The van der Waals surface area contributed by atoms with Gasteiger partial charge in [-0.25, -0.2) is 4.68 Å². The minimum atomic E-state index is -0.635. The van der Waals surface area contributed by atoms with Crippen molar-refractivity contribution < 1.29 is 14.3 Å². The largest absolute Gasteiger partial charge is 0.368 e. The first-order valence-corrected chi connectivity index (χ1v) is 9.85. The Morgan fingerprint density at radius 1 is 1.15 bits per heavy atom. The lowest BCUT2D eigenvalue weighted by atomic mass is 10.2. The van der Waals surface area contributed by atoms with E-state index in [1.165, 1.54) is 4.68 Å². The Bertz CT molecular complexity index is 791. The van der Waals surface area contributed by atoms with E-state index in [4.69, 9.17) is 4.74 Å². The highest BCUT2D eigenvalue weighted by molar-refractivity contribution is 5.82. The van der Waals surface area contributed by atoms with Crippen molar-refractivity contribution >= 4 is 11.8 Å². The molecule has 0 saturated carbocycles. The van der Waals surface area contributed by atoms with Crippen LogP contribution in [0.15, 0.2) is 10.9 Å². The standard InChI is InChI=1S/C19H26N4O4/c1-13(23-17(24)12-14-4-2-5-15(14)20-23)18(25)21-7-9-22(10-8-21)19(26)16-6-3-11-27-16/h12-13,16H,2-11H2,1H3/t13-,16+/m1/s1. The fourth-order valence-electron chi connectivity index (χ4n) is 4.18. The lowest BCUT2D eigenvalue weighted by Crippen LogP contribution is -2.54. The molecule has 146 valence electrons. The Kier molecular flexibility index (Phi) is 4.99. The molecule has 1 aromatic rings. The van der Waals surface area contributed by atoms with Crippen molar-refractivity contribution in [2.45, 2.75) is 51.2 Å². The normalized spacial score (nSPS) is 23.4. The van der Waals surface area contributed by atoms with Gasteiger partial charge in [-0.05, 0) is 44.6 Å². The van der Waals surface area contributed by atoms with Gasteiger partial charge < -0.3 is 14.5 Å². The van der Waals surface area contributed by atoms with Crippen molar-refractivity contribution in [3.63, 3.8) is 0 Å². The summed E-state index contributed by atoms with van der Waals surface area (Å²) in [5.74, 6) is -0.0871. The molecule has 2 saturated heterocycles. The Labute approximate surface area is 158 Å². The van der Waals surface area contributed by atoms with Crippen LogP contribution in [0.5, 0.6) is 0 Å². The molecule has 27 heavy (non-hydrogen) atoms. The van der Waals surface area contributed by atoms with Crippen molar-refractivity contribution in [2.75, 3.05) is 32.8 Å². The first kappa shape index (κ1) is 18.2. The number of aryl methyl sites for hydroxylation is 2. The Morgan fingerprint density at radius 3 is 2.59 bits per heavy atom. The van der Waals surface area contributed by atoms with Crippen LogP contribution in [0, 0.1) is 0 Å². The van der Waals surface area contributed by atoms with Gasteiger partial charge in [-0.1, -0.05) is 0 Å². The zero-order valence-electron chi connectivity index (χ0n) is 15.7. The molecule has 3 heterocycles. The van der Waals surface area contributed by atoms with Crippen LogP contribution in [-0.2, 0) is 27.2 Å². The van der Waals surface area contributed by atoms with Gasteiger partial charge in [0.25, 0.3) is 11.5 Å². The summed E-state index contributed by atoms with van der Waals surface area (Å²) in [4.78, 5) is 41.2. The first-order chi connectivity index (χ1) is 13.0. The topological polar surface area (TPSA) is 84.7 Å². The molecule has 0 N–H and O–H groups in total. The van der Waals surface area contributed by atoms with Gasteiger partial charge in [0.2, 0.25) is 5.91 Å². The number of aromatic nitrogens is 2. The van der Waals surface area contributed by atoms with Crippen molar-refractivity contribution in [3.8, 4) is 0 Å². The van der Waals surface area contributed by atoms with Gasteiger partial charge in [0.1, 0.15) is 12.1 Å². The molecular weight excluding hydrogens is 348 g/mol. The second kappa shape index (κ2) is 7.42. The number of nitrogens with zero attached hydrogens (tertiary/aromatic N) is 4. The average molecular weight is 374 g/mol. The summed E-state index contributed by atoms with van der Waals surface area (Å²) in [5.41, 5.74) is 1.72. The lowest BCUT2D eigenvalue weighted by molar-refractivity contribution is -0.147. The van der Waals surface area contributed by atoms with E-state index < -0.39 is 6.04 Å². The summed E-state index contributed by atoms with van der Waals surface area (Å²) in [7, 11) is 0. The minimum Gasteiger partial charge on any atom is -0.368 e. The van der Waals surface area contributed by atoms with Gasteiger partial charge in [0.15, 0.2) is 0 Å². The van der Waals surface area contributed by atoms with E-state index in [0.29, 0.717) is 32.8 Å². The number of fused-ring (bicyclic) bond motifs is 1. The average Bonchev–Trinajstić information content (AvgIpc) is 3.37.